The van der Waals surface area contributed by atoms with Crippen molar-refractivity contribution in [1.82, 2.24) is 0 Å². The molecular weight excluding hydrogens is 354 g/mol. The van der Waals surface area contributed by atoms with Gasteiger partial charge in [-0.25, -0.2) is 4.79 Å². The van der Waals surface area contributed by atoms with E-state index < -0.39 is 6.10 Å². The lowest BCUT2D eigenvalue weighted by atomic mass is 10.1. The monoisotopic (exact) mass is 383 g/mol. The van der Waals surface area contributed by atoms with Gasteiger partial charge in [0.05, 0.1) is 12.2 Å². The molecule has 0 aliphatic heterocycles. The number of carbonyl (C=O) groups is 2. The number of anilines is 1. The molecule has 0 aliphatic rings. The number of aryl methyl sites for hydroxylation is 1. The molecule has 28 heavy (non-hydrogen) atoms. The van der Waals surface area contributed by atoms with E-state index in [2.05, 4.69) is 12.2 Å². The number of rotatable bonds is 10. The zero-order chi connectivity index (χ0) is 20.4. The Bertz CT molecular complexity index is 753. The number of amides is 1. The molecule has 0 radical (unpaired) electrons. The second kappa shape index (κ2) is 11.1. The molecule has 1 amide bonds. The van der Waals surface area contributed by atoms with Gasteiger partial charge in [-0.2, -0.15) is 0 Å². The molecule has 0 aliphatic carbocycles. The quantitative estimate of drug-likeness (QED) is 0.463. The fraction of sp³-hybridized carbons (Fsp3) is 0.391. The normalized spacial score (nSPS) is 11.5. The van der Waals surface area contributed by atoms with Crippen LogP contribution in [0.15, 0.2) is 48.5 Å². The summed E-state index contributed by atoms with van der Waals surface area (Å²) in [5.74, 6) is 0.0985. The summed E-state index contributed by atoms with van der Waals surface area (Å²) >= 11 is 0. The van der Waals surface area contributed by atoms with Gasteiger partial charge in [0.15, 0.2) is 6.10 Å². The van der Waals surface area contributed by atoms with E-state index in [1.807, 2.05) is 38.1 Å². The first-order chi connectivity index (χ1) is 13.6. The van der Waals surface area contributed by atoms with Crippen LogP contribution in [-0.4, -0.2) is 24.6 Å². The molecule has 0 aromatic heterocycles. The molecular formula is C23H29NO4. The van der Waals surface area contributed by atoms with Gasteiger partial charge in [0.2, 0.25) is 0 Å². The van der Waals surface area contributed by atoms with Gasteiger partial charge in [-0.15, -0.1) is 0 Å². The van der Waals surface area contributed by atoms with Crippen LogP contribution in [0, 0.1) is 0 Å². The van der Waals surface area contributed by atoms with Crippen LogP contribution in [0.1, 0.15) is 56.0 Å². The third-order valence-corrected chi connectivity index (χ3v) is 4.39. The van der Waals surface area contributed by atoms with Crippen LogP contribution in [0.3, 0.4) is 0 Å². The molecule has 2 aromatic rings. The number of hydrogen-bond donors (Lipinski definition) is 1. The Hall–Kier alpha value is -2.82. The summed E-state index contributed by atoms with van der Waals surface area (Å²) in [5, 5.41) is 2.84. The number of hydrogen-bond acceptors (Lipinski definition) is 4. The van der Waals surface area contributed by atoms with Crippen LogP contribution < -0.4 is 10.1 Å². The van der Waals surface area contributed by atoms with E-state index in [1.54, 1.807) is 24.3 Å². The van der Waals surface area contributed by atoms with Gasteiger partial charge < -0.3 is 14.8 Å². The molecule has 5 heteroatoms. The van der Waals surface area contributed by atoms with Gasteiger partial charge >= 0.3 is 5.97 Å². The summed E-state index contributed by atoms with van der Waals surface area (Å²) in [5.41, 5.74) is 2.30. The average Bonchev–Trinajstić information content (AvgIpc) is 2.73. The predicted molar refractivity (Wildman–Crippen MR) is 111 cm³/mol. The summed E-state index contributed by atoms with van der Waals surface area (Å²) in [6, 6.07) is 14.4. The fourth-order valence-electron chi connectivity index (χ4n) is 2.60. The SMILES string of the molecule is CCCCOC(=O)c1ccc(NC(=O)[C@H](CC)Oc2ccc(CC)cc2)cc1. The van der Waals surface area contributed by atoms with Crippen LogP contribution in [-0.2, 0) is 16.0 Å². The Morgan fingerprint density at radius 3 is 2.21 bits per heavy atom. The third-order valence-electron chi connectivity index (χ3n) is 4.39. The molecule has 1 N–H and O–H groups in total. The van der Waals surface area contributed by atoms with Crippen LogP contribution in [0.25, 0.3) is 0 Å². The number of benzene rings is 2. The maximum atomic E-state index is 12.5. The van der Waals surface area contributed by atoms with Crippen molar-refractivity contribution < 1.29 is 19.1 Å². The highest BCUT2D eigenvalue weighted by Gasteiger charge is 2.19. The summed E-state index contributed by atoms with van der Waals surface area (Å²) < 4.78 is 11.0. The molecule has 0 fully saturated rings. The Labute approximate surface area is 167 Å². The van der Waals surface area contributed by atoms with Crippen molar-refractivity contribution in [3.8, 4) is 5.75 Å². The minimum absolute atomic E-state index is 0.222. The van der Waals surface area contributed by atoms with Gasteiger partial charge in [-0.1, -0.05) is 39.3 Å². The Morgan fingerprint density at radius 1 is 0.964 bits per heavy atom. The summed E-state index contributed by atoms with van der Waals surface area (Å²) in [7, 11) is 0. The van der Waals surface area contributed by atoms with Gasteiger partial charge in [0, 0.05) is 5.69 Å². The van der Waals surface area contributed by atoms with Crippen molar-refractivity contribution in [2.24, 2.45) is 0 Å². The van der Waals surface area contributed by atoms with E-state index in [4.69, 9.17) is 9.47 Å². The van der Waals surface area contributed by atoms with E-state index in [1.165, 1.54) is 5.56 Å². The lowest BCUT2D eigenvalue weighted by Gasteiger charge is -2.17. The maximum absolute atomic E-state index is 12.5. The van der Waals surface area contributed by atoms with Crippen molar-refractivity contribution in [2.75, 3.05) is 11.9 Å². The topological polar surface area (TPSA) is 64.6 Å². The van der Waals surface area contributed by atoms with Crippen molar-refractivity contribution >= 4 is 17.6 Å². The Morgan fingerprint density at radius 2 is 1.64 bits per heavy atom. The first-order valence-corrected chi connectivity index (χ1v) is 9.91. The first-order valence-electron chi connectivity index (χ1n) is 9.91. The number of carbonyl (C=O) groups excluding carboxylic acids is 2. The minimum Gasteiger partial charge on any atom is -0.481 e. The largest absolute Gasteiger partial charge is 0.481 e. The molecule has 0 heterocycles. The van der Waals surface area contributed by atoms with Gasteiger partial charge in [0.1, 0.15) is 5.75 Å². The second-order valence-corrected chi connectivity index (χ2v) is 6.57. The Kier molecular flexibility index (Phi) is 8.53. The molecule has 2 rings (SSSR count). The number of ether oxygens (including phenoxy) is 2. The predicted octanol–water partition coefficient (Wildman–Crippen LogP) is 5.00. The highest BCUT2D eigenvalue weighted by Crippen LogP contribution is 2.17. The smallest absolute Gasteiger partial charge is 0.338 e. The molecule has 0 unspecified atom stereocenters. The first kappa shape index (κ1) is 21.5. The summed E-state index contributed by atoms with van der Waals surface area (Å²) in [6.45, 7) is 6.45. The van der Waals surface area contributed by atoms with Crippen molar-refractivity contribution in [3.63, 3.8) is 0 Å². The van der Waals surface area contributed by atoms with E-state index in [0.717, 1.165) is 19.3 Å². The van der Waals surface area contributed by atoms with Crippen molar-refractivity contribution in [2.45, 2.75) is 52.6 Å². The standard InChI is InChI=1S/C23H29NO4/c1-4-7-16-27-23(26)18-10-12-19(13-11-18)24-22(25)21(6-3)28-20-14-8-17(5-2)9-15-20/h8-15,21H,4-7,16H2,1-3H3,(H,24,25)/t21-/m0/s1. The third kappa shape index (κ3) is 6.41. The Balaban J connectivity index is 1.93. The van der Waals surface area contributed by atoms with Crippen LogP contribution in [0.4, 0.5) is 5.69 Å². The van der Waals surface area contributed by atoms with Crippen LogP contribution >= 0.6 is 0 Å². The van der Waals surface area contributed by atoms with E-state index >= 15 is 0 Å². The van der Waals surface area contributed by atoms with Crippen molar-refractivity contribution in [1.29, 1.82) is 0 Å². The van der Waals surface area contributed by atoms with Crippen LogP contribution in [0.5, 0.6) is 5.75 Å². The molecule has 5 nitrogen and oxygen atoms in total. The number of unbranched alkanes of at least 4 members (excludes halogenated alkanes) is 1. The van der Waals surface area contributed by atoms with Crippen LogP contribution in [0.2, 0.25) is 0 Å². The minimum atomic E-state index is -0.592. The second-order valence-electron chi connectivity index (χ2n) is 6.57. The highest BCUT2D eigenvalue weighted by molar-refractivity contribution is 5.95. The lowest BCUT2D eigenvalue weighted by molar-refractivity contribution is -0.122. The lowest BCUT2D eigenvalue weighted by Crippen LogP contribution is -2.32. The van der Waals surface area contributed by atoms with E-state index in [0.29, 0.717) is 30.0 Å². The molecule has 0 spiro atoms. The van der Waals surface area contributed by atoms with E-state index in [-0.39, 0.29) is 11.9 Å². The van der Waals surface area contributed by atoms with Gasteiger partial charge in [-0.3, -0.25) is 4.79 Å². The maximum Gasteiger partial charge on any atom is 0.338 e. The summed E-state index contributed by atoms with van der Waals surface area (Å²) in [6.07, 6.45) is 2.73. The van der Waals surface area contributed by atoms with E-state index in [9.17, 15) is 9.59 Å². The molecule has 2 aromatic carbocycles. The fourth-order valence-corrected chi connectivity index (χ4v) is 2.60. The molecule has 0 saturated carbocycles. The molecule has 1 atom stereocenters. The van der Waals surface area contributed by atoms with Gasteiger partial charge in [0.25, 0.3) is 5.91 Å². The highest BCUT2D eigenvalue weighted by atomic mass is 16.5. The molecule has 150 valence electrons. The average molecular weight is 383 g/mol. The van der Waals surface area contributed by atoms with Gasteiger partial charge in [-0.05, 0) is 61.2 Å². The summed E-state index contributed by atoms with van der Waals surface area (Å²) in [4.78, 5) is 24.5. The zero-order valence-electron chi connectivity index (χ0n) is 16.9. The zero-order valence-corrected chi connectivity index (χ0v) is 16.9. The number of nitrogens with one attached hydrogen (secondary N) is 1. The number of esters is 1. The molecule has 0 saturated heterocycles. The van der Waals surface area contributed by atoms with Crippen molar-refractivity contribution in [3.05, 3.63) is 59.7 Å². The molecule has 0 bridgehead atoms.